The average Bonchev–Trinajstić information content (AvgIpc) is 2.30. The minimum absolute atomic E-state index is 0.124. The lowest BCUT2D eigenvalue weighted by Gasteiger charge is -2.20. The molecule has 0 saturated carbocycles. The lowest BCUT2D eigenvalue weighted by molar-refractivity contribution is 0.179. The summed E-state index contributed by atoms with van der Waals surface area (Å²) in [6.45, 7) is 9.77. The van der Waals surface area contributed by atoms with Crippen molar-refractivity contribution < 1.29 is 5.11 Å². The molecule has 0 spiro atoms. The van der Waals surface area contributed by atoms with Crippen molar-refractivity contribution in [1.29, 1.82) is 0 Å². The summed E-state index contributed by atoms with van der Waals surface area (Å²) in [7, 11) is 0. The number of aliphatic hydroxyl groups is 1. The fourth-order valence-corrected chi connectivity index (χ4v) is 1.88. The van der Waals surface area contributed by atoms with Crippen molar-refractivity contribution in [3.8, 4) is 0 Å². The molecule has 6 nitrogen and oxygen atoms in total. The molecule has 0 saturated heterocycles. The van der Waals surface area contributed by atoms with E-state index in [1.165, 1.54) is 0 Å². The number of anilines is 2. The van der Waals surface area contributed by atoms with E-state index in [0.29, 0.717) is 12.2 Å². The summed E-state index contributed by atoms with van der Waals surface area (Å²) in [5, 5.41) is 12.7. The number of nitrogens with one attached hydrogen (secondary N) is 2. The van der Waals surface area contributed by atoms with Gasteiger partial charge in [0.05, 0.1) is 6.10 Å². The third kappa shape index (κ3) is 4.33. The van der Waals surface area contributed by atoms with Crippen molar-refractivity contribution in [2.75, 3.05) is 10.7 Å². The maximum atomic E-state index is 9.41. The van der Waals surface area contributed by atoms with Gasteiger partial charge in [-0.05, 0) is 27.2 Å². The quantitative estimate of drug-likeness (QED) is 0.463. The Kier molecular flexibility index (Phi) is 5.50. The summed E-state index contributed by atoms with van der Waals surface area (Å²) in [6.07, 6.45) is 0.313. The summed E-state index contributed by atoms with van der Waals surface area (Å²) in [6, 6.07) is 0.124. The molecular formula is C13H25N5O. The van der Waals surface area contributed by atoms with E-state index >= 15 is 0 Å². The van der Waals surface area contributed by atoms with Crippen LogP contribution in [-0.4, -0.2) is 27.2 Å². The van der Waals surface area contributed by atoms with E-state index in [2.05, 4.69) is 20.7 Å². The number of aliphatic hydroxyl groups excluding tert-OH is 1. The van der Waals surface area contributed by atoms with Gasteiger partial charge in [-0.2, -0.15) is 0 Å². The second-order valence-corrected chi connectivity index (χ2v) is 5.33. The molecule has 0 radical (unpaired) electrons. The molecule has 2 unspecified atom stereocenters. The second kappa shape index (κ2) is 6.68. The number of nitrogens with zero attached hydrogens (tertiary/aromatic N) is 2. The van der Waals surface area contributed by atoms with Gasteiger partial charge in [0, 0.05) is 17.5 Å². The summed E-state index contributed by atoms with van der Waals surface area (Å²) in [5.74, 6) is 7.85. The smallest absolute Gasteiger partial charge is 0.148 e. The summed E-state index contributed by atoms with van der Waals surface area (Å²) >= 11 is 0. The van der Waals surface area contributed by atoms with Crippen LogP contribution in [0.25, 0.3) is 0 Å². The molecule has 1 aromatic rings. The normalized spacial score (nSPS) is 14.3. The third-order valence-corrected chi connectivity index (χ3v) is 2.89. The van der Waals surface area contributed by atoms with Crippen LogP contribution < -0.4 is 16.6 Å². The molecule has 1 rings (SSSR count). The van der Waals surface area contributed by atoms with Crippen LogP contribution in [0, 0.1) is 6.92 Å². The van der Waals surface area contributed by atoms with Crippen LogP contribution in [0.3, 0.4) is 0 Å². The summed E-state index contributed by atoms with van der Waals surface area (Å²) in [4.78, 5) is 8.91. The predicted octanol–water partition coefficient (Wildman–Crippen LogP) is 1.77. The van der Waals surface area contributed by atoms with E-state index in [1.54, 1.807) is 6.92 Å². The van der Waals surface area contributed by atoms with Crippen LogP contribution in [-0.2, 0) is 0 Å². The van der Waals surface area contributed by atoms with Gasteiger partial charge in [-0.25, -0.2) is 15.8 Å². The fourth-order valence-electron chi connectivity index (χ4n) is 1.88. The fraction of sp³-hybridized carbons (Fsp3) is 0.692. The van der Waals surface area contributed by atoms with Gasteiger partial charge >= 0.3 is 0 Å². The number of aromatic nitrogens is 2. The lowest BCUT2D eigenvalue weighted by Crippen LogP contribution is -2.23. The average molecular weight is 267 g/mol. The molecule has 0 aliphatic rings. The monoisotopic (exact) mass is 267 g/mol. The van der Waals surface area contributed by atoms with Gasteiger partial charge in [-0.15, -0.1) is 0 Å². The Morgan fingerprint density at radius 3 is 2.21 bits per heavy atom. The number of hydrazine groups is 1. The first kappa shape index (κ1) is 15.7. The Bertz CT molecular complexity index is 420. The van der Waals surface area contributed by atoms with Gasteiger partial charge in [0.15, 0.2) is 0 Å². The first-order chi connectivity index (χ1) is 8.85. The van der Waals surface area contributed by atoms with Crippen LogP contribution in [0.1, 0.15) is 51.4 Å². The molecule has 0 fully saturated rings. The van der Waals surface area contributed by atoms with Crippen LogP contribution in [0.5, 0.6) is 0 Å². The Morgan fingerprint density at radius 2 is 1.74 bits per heavy atom. The summed E-state index contributed by atoms with van der Waals surface area (Å²) in [5.41, 5.74) is 3.48. The van der Waals surface area contributed by atoms with Crippen LogP contribution in [0.2, 0.25) is 0 Å². The summed E-state index contributed by atoms with van der Waals surface area (Å²) < 4.78 is 0. The van der Waals surface area contributed by atoms with Crippen LogP contribution >= 0.6 is 0 Å². The van der Waals surface area contributed by atoms with Crippen molar-refractivity contribution >= 4 is 11.6 Å². The highest BCUT2D eigenvalue weighted by molar-refractivity contribution is 5.57. The maximum absolute atomic E-state index is 9.41. The zero-order valence-electron chi connectivity index (χ0n) is 12.4. The van der Waals surface area contributed by atoms with Crippen LogP contribution in [0.4, 0.5) is 11.6 Å². The Balaban J connectivity index is 3.01. The highest BCUT2D eigenvalue weighted by Gasteiger charge is 2.14. The highest BCUT2D eigenvalue weighted by atomic mass is 16.3. The molecule has 0 aromatic carbocycles. The van der Waals surface area contributed by atoms with E-state index < -0.39 is 0 Å². The predicted molar refractivity (Wildman–Crippen MR) is 78.1 cm³/mol. The van der Waals surface area contributed by atoms with Crippen molar-refractivity contribution in [2.24, 2.45) is 5.84 Å². The maximum Gasteiger partial charge on any atom is 0.148 e. The SMILES string of the molecule is Cc1c(NN)nc(C(C)C)nc1NC(C)CC(C)O. The lowest BCUT2D eigenvalue weighted by atomic mass is 10.1. The number of hydrogen-bond donors (Lipinski definition) is 4. The van der Waals surface area contributed by atoms with Crippen molar-refractivity contribution in [1.82, 2.24) is 9.97 Å². The van der Waals surface area contributed by atoms with E-state index in [0.717, 1.165) is 17.2 Å². The molecule has 2 atom stereocenters. The molecular weight excluding hydrogens is 242 g/mol. The molecule has 0 bridgehead atoms. The first-order valence-electron chi connectivity index (χ1n) is 6.64. The van der Waals surface area contributed by atoms with Gasteiger partial charge in [-0.3, -0.25) is 0 Å². The number of nitrogens with two attached hydrogens (primary N) is 1. The molecule has 0 amide bonds. The van der Waals surface area contributed by atoms with Crippen molar-refractivity contribution in [3.63, 3.8) is 0 Å². The van der Waals surface area contributed by atoms with Crippen LogP contribution in [0.15, 0.2) is 0 Å². The molecule has 1 heterocycles. The largest absolute Gasteiger partial charge is 0.393 e. The topological polar surface area (TPSA) is 96.1 Å². The minimum atomic E-state index is -0.346. The van der Waals surface area contributed by atoms with Gasteiger partial charge in [0.25, 0.3) is 0 Å². The Labute approximate surface area is 114 Å². The second-order valence-electron chi connectivity index (χ2n) is 5.33. The van der Waals surface area contributed by atoms with Gasteiger partial charge in [0.1, 0.15) is 17.5 Å². The number of rotatable bonds is 6. The first-order valence-corrected chi connectivity index (χ1v) is 6.64. The van der Waals surface area contributed by atoms with Gasteiger partial charge in [-0.1, -0.05) is 13.8 Å². The van der Waals surface area contributed by atoms with E-state index in [1.807, 2.05) is 27.7 Å². The minimum Gasteiger partial charge on any atom is -0.393 e. The Morgan fingerprint density at radius 1 is 1.16 bits per heavy atom. The Hall–Kier alpha value is -1.40. The molecule has 19 heavy (non-hydrogen) atoms. The molecule has 108 valence electrons. The van der Waals surface area contributed by atoms with E-state index in [9.17, 15) is 5.11 Å². The zero-order chi connectivity index (χ0) is 14.6. The van der Waals surface area contributed by atoms with Gasteiger partial charge in [0.2, 0.25) is 0 Å². The van der Waals surface area contributed by atoms with Gasteiger partial charge < -0.3 is 15.8 Å². The van der Waals surface area contributed by atoms with E-state index in [-0.39, 0.29) is 18.1 Å². The van der Waals surface area contributed by atoms with E-state index in [4.69, 9.17) is 5.84 Å². The molecule has 0 aliphatic carbocycles. The molecule has 5 N–H and O–H groups in total. The molecule has 0 aliphatic heterocycles. The third-order valence-electron chi connectivity index (χ3n) is 2.89. The highest BCUT2D eigenvalue weighted by Crippen LogP contribution is 2.23. The van der Waals surface area contributed by atoms with Crippen molar-refractivity contribution in [3.05, 3.63) is 11.4 Å². The number of hydrogen-bond acceptors (Lipinski definition) is 6. The number of nitrogen functional groups attached to an aromatic ring is 1. The molecule has 6 heteroatoms. The molecule has 1 aromatic heterocycles. The standard InChI is InChI=1S/C13H25N5O/c1-7(2)11-16-12(10(5)13(17-11)18-14)15-8(3)6-9(4)19/h7-9,19H,6,14H2,1-5H3,(H2,15,16,17,18). The van der Waals surface area contributed by atoms with Crippen molar-refractivity contribution in [2.45, 2.75) is 59.1 Å². The zero-order valence-corrected chi connectivity index (χ0v) is 12.4.